The number of aldehydes is 1. The first kappa shape index (κ1) is 8.05. The maximum absolute atomic E-state index is 10.5. The molecule has 1 aliphatic rings. The van der Waals surface area contributed by atoms with E-state index in [0.29, 0.717) is 5.75 Å². The monoisotopic (exact) mass is 174 g/mol. The predicted octanol–water partition coefficient (Wildman–Crippen LogP) is 1.92. The predicted molar refractivity (Wildman–Crippen MR) is 50.5 cm³/mol. The van der Waals surface area contributed by atoms with E-state index < -0.39 is 0 Å². The van der Waals surface area contributed by atoms with Gasteiger partial charge in [0, 0.05) is 5.56 Å². The first-order chi connectivity index (χ1) is 6.31. The molecule has 0 spiro atoms. The lowest BCUT2D eigenvalue weighted by Gasteiger charge is -2.13. The summed E-state index contributed by atoms with van der Waals surface area (Å²) in [5.74, 6) is 0.332. The fourth-order valence-electron chi connectivity index (χ4n) is 1.63. The van der Waals surface area contributed by atoms with Gasteiger partial charge in [-0.15, -0.1) is 0 Å². The van der Waals surface area contributed by atoms with Crippen LogP contribution in [-0.4, -0.2) is 11.4 Å². The average Bonchev–Trinajstić information content (AvgIpc) is 2.18. The van der Waals surface area contributed by atoms with Crippen LogP contribution in [-0.2, 0) is 11.2 Å². The van der Waals surface area contributed by atoms with Crippen molar-refractivity contribution in [3.05, 3.63) is 34.9 Å². The van der Waals surface area contributed by atoms with Crippen LogP contribution in [0.5, 0.6) is 5.75 Å². The van der Waals surface area contributed by atoms with Gasteiger partial charge in [0.2, 0.25) is 0 Å². The zero-order chi connectivity index (χ0) is 9.26. The second-order valence-corrected chi connectivity index (χ2v) is 3.18. The number of allylic oxidation sites excluding steroid dienone is 1. The fourth-order valence-corrected chi connectivity index (χ4v) is 1.63. The molecule has 1 aliphatic carbocycles. The summed E-state index contributed by atoms with van der Waals surface area (Å²) in [4.78, 5) is 10.5. The summed E-state index contributed by atoms with van der Waals surface area (Å²) < 4.78 is 0. The minimum atomic E-state index is 0.332. The molecule has 1 aromatic carbocycles. The molecule has 0 heterocycles. The van der Waals surface area contributed by atoms with Crippen LogP contribution in [0.4, 0.5) is 0 Å². The van der Waals surface area contributed by atoms with E-state index in [1.807, 2.05) is 12.1 Å². The Morgan fingerprint density at radius 3 is 2.92 bits per heavy atom. The number of benzene rings is 1. The highest BCUT2D eigenvalue weighted by molar-refractivity contribution is 5.83. The SMILES string of the molecule is O=CC1=Cc2cccc(O)c2CC1. The molecule has 0 unspecified atom stereocenters. The van der Waals surface area contributed by atoms with Crippen molar-refractivity contribution in [2.24, 2.45) is 0 Å². The zero-order valence-electron chi connectivity index (χ0n) is 7.16. The van der Waals surface area contributed by atoms with Gasteiger partial charge in [-0.25, -0.2) is 0 Å². The average molecular weight is 174 g/mol. The van der Waals surface area contributed by atoms with Gasteiger partial charge in [-0.3, -0.25) is 4.79 Å². The number of aromatic hydroxyl groups is 1. The van der Waals surface area contributed by atoms with Gasteiger partial charge in [0.05, 0.1) is 0 Å². The summed E-state index contributed by atoms with van der Waals surface area (Å²) in [5.41, 5.74) is 2.72. The van der Waals surface area contributed by atoms with Crippen LogP contribution in [0.3, 0.4) is 0 Å². The van der Waals surface area contributed by atoms with E-state index in [1.54, 1.807) is 12.1 Å². The second-order valence-electron chi connectivity index (χ2n) is 3.18. The third kappa shape index (κ3) is 1.35. The third-order valence-corrected chi connectivity index (χ3v) is 2.34. The quantitative estimate of drug-likeness (QED) is 0.660. The maximum Gasteiger partial charge on any atom is 0.146 e. The molecule has 0 amide bonds. The standard InChI is InChI=1S/C11H10O2/c12-7-8-4-5-10-9(6-8)2-1-3-11(10)13/h1-3,6-7,13H,4-5H2. The molecule has 0 aromatic heterocycles. The summed E-state index contributed by atoms with van der Waals surface area (Å²) in [6.07, 6.45) is 4.21. The number of phenolic OH excluding ortho intramolecular Hbond substituents is 1. The van der Waals surface area contributed by atoms with Crippen LogP contribution in [0.25, 0.3) is 6.08 Å². The number of fused-ring (bicyclic) bond motifs is 1. The van der Waals surface area contributed by atoms with E-state index in [0.717, 1.165) is 35.8 Å². The molecular formula is C11H10O2. The molecule has 1 N–H and O–H groups in total. The van der Waals surface area contributed by atoms with Gasteiger partial charge in [-0.1, -0.05) is 12.1 Å². The fraction of sp³-hybridized carbons (Fsp3) is 0.182. The van der Waals surface area contributed by atoms with Crippen LogP contribution >= 0.6 is 0 Å². The minimum absolute atomic E-state index is 0.332. The lowest BCUT2D eigenvalue weighted by Crippen LogP contribution is -2.00. The first-order valence-electron chi connectivity index (χ1n) is 4.28. The number of hydrogen-bond donors (Lipinski definition) is 1. The number of carbonyl (C=O) groups excluding carboxylic acids is 1. The Hall–Kier alpha value is -1.57. The van der Waals surface area contributed by atoms with E-state index in [1.165, 1.54) is 0 Å². The van der Waals surface area contributed by atoms with Crippen molar-refractivity contribution in [3.63, 3.8) is 0 Å². The van der Waals surface area contributed by atoms with Crippen molar-refractivity contribution in [2.75, 3.05) is 0 Å². The molecule has 66 valence electrons. The molecular weight excluding hydrogens is 164 g/mol. The topological polar surface area (TPSA) is 37.3 Å². The normalized spacial score (nSPS) is 14.6. The number of rotatable bonds is 1. The Balaban J connectivity index is 2.53. The molecule has 0 saturated heterocycles. The molecule has 1 aromatic rings. The van der Waals surface area contributed by atoms with E-state index in [-0.39, 0.29) is 0 Å². The van der Waals surface area contributed by atoms with Gasteiger partial charge in [0.25, 0.3) is 0 Å². The van der Waals surface area contributed by atoms with E-state index in [4.69, 9.17) is 0 Å². The van der Waals surface area contributed by atoms with Crippen molar-refractivity contribution < 1.29 is 9.90 Å². The van der Waals surface area contributed by atoms with Crippen molar-refractivity contribution in [1.29, 1.82) is 0 Å². The van der Waals surface area contributed by atoms with E-state index in [2.05, 4.69) is 0 Å². The van der Waals surface area contributed by atoms with Crippen molar-refractivity contribution in [2.45, 2.75) is 12.8 Å². The Morgan fingerprint density at radius 2 is 2.15 bits per heavy atom. The molecule has 2 rings (SSSR count). The number of hydrogen-bond acceptors (Lipinski definition) is 2. The van der Waals surface area contributed by atoms with Crippen LogP contribution in [0.15, 0.2) is 23.8 Å². The molecule has 0 bridgehead atoms. The lowest BCUT2D eigenvalue weighted by molar-refractivity contribution is -0.105. The molecule has 0 fully saturated rings. The minimum Gasteiger partial charge on any atom is -0.508 e. The van der Waals surface area contributed by atoms with Gasteiger partial charge >= 0.3 is 0 Å². The number of carbonyl (C=O) groups is 1. The summed E-state index contributed by atoms with van der Waals surface area (Å²) in [5, 5.41) is 9.50. The molecule has 0 atom stereocenters. The molecule has 0 saturated carbocycles. The van der Waals surface area contributed by atoms with Crippen LogP contribution < -0.4 is 0 Å². The Kier molecular flexibility index (Phi) is 1.89. The van der Waals surface area contributed by atoms with Crippen LogP contribution in [0.1, 0.15) is 17.5 Å². The van der Waals surface area contributed by atoms with Crippen molar-refractivity contribution >= 4 is 12.4 Å². The van der Waals surface area contributed by atoms with E-state index in [9.17, 15) is 9.90 Å². The smallest absolute Gasteiger partial charge is 0.146 e. The number of phenols is 1. The van der Waals surface area contributed by atoms with Crippen molar-refractivity contribution in [1.82, 2.24) is 0 Å². The second kappa shape index (κ2) is 3.05. The van der Waals surface area contributed by atoms with Gasteiger partial charge in [-0.2, -0.15) is 0 Å². The Bertz CT molecular complexity index is 378. The van der Waals surface area contributed by atoms with Crippen molar-refractivity contribution in [3.8, 4) is 5.75 Å². The zero-order valence-corrected chi connectivity index (χ0v) is 7.16. The highest BCUT2D eigenvalue weighted by Gasteiger charge is 2.12. The van der Waals surface area contributed by atoms with Gasteiger partial charge < -0.3 is 5.11 Å². The molecule has 0 radical (unpaired) electrons. The largest absolute Gasteiger partial charge is 0.508 e. The molecule has 0 aliphatic heterocycles. The van der Waals surface area contributed by atoms with Gasteiger partial charge in [0.15, 0.2) is 0 Å². The maximum atomic E-state index is 10.5. The van der Waals surface area contributed by atoms with E-state index >= 15 is 0 Å². The highest BCUT2D eigenvalue weighted by Crippen LogP contribution is 2.29. The third-order valence-electron chi connectivity index (χ3n) is 2.34. The summed E-state index contributed by atoms with van der Waals surface area (Å²) in [7, 11) is 0. The first-order valence-corrected chi connectivity index (χ1v) is 4.28. The summed E-state index contributed by atoms with van der Waals surface area (Å²) >= 11 is 0. The Labute approximate surface area is 76.5 Å². The summed E-state index contributed by atoms with van der Waals surface area (Å²) in [6.45, 7) is 0. The molecule has 2 nitrogen and oxygen atoms in total. The molecule has 2 heteroatoms. The van der Waals surface area contributed by atoms with Crippen LogP contribution in [0, 0.1) is 0 Å². The highest BCUT2D eigenvalue weighted by atomic mass is 16.3. The van der Waals surface area contributed by atoms with Gasteiger partial charge in [0.1, 0.15) is 12.0 Å². The molecule has 13 heavy (non-hydrogen) atoms. The lowest BCUT2D eigenvalue weighted by atomic mass is 9.92. The van der Waals surface area contributed by atoms with Crippen LogP contribution in [0.2, 0.25) is 0 Å². The van der Waals surface area contributed by atoms with Gasteiger partial charge in [-0.05, 0) is 36.1 Å². The Morgan fingerprint density at radius 1 is 1.31 bits per heavy atom. The summed E-state index contributed by atoms with van der Waals surface area (Å²) in [6, 6.07) is 5.38.